The highest BCUT2D eigenvalue weighted by Gasteiger charge is 2.21. The fourth-order valence-electron chi connectivity index (χ4n) is 1.76. The summed E-state index contributed by atoms with van der Waals surface area (Å²) in [6, 6.07) is 0. The lowest BCUT2D eigenvalue weighted by Gasteiger charge is -2.16. The fourth-order valence-corrected chi connectivity index (χ4v) is 1.76. The number of aromatic hydroxyl groups is 1. The maximum Gasteiger partial charge on any atom is 0.339 e. The number of methoxy groups -OCH3 is 1. The van der Waals surface area contributed by atoms with E-state index in [0.29, 0.717) is 11.1 Å². The first kappa shape index (κ1) is 12.5. The number of aromatic carboxylic acids is 1. The third-order valence-electron chi connectivity index (χ3n) is 2.97. The van der Waals surface area contributed by atoms with Gasteiger partial charge in [0, 0.05) is 7.11 Å². The topological polar surface area (TPSA) is 66.8 Å². The second-order valence-corrected chi connectivity index (χ2v) is 3.82. The van der Waals surface area contributed by atoms with Crippen molar-refractivity contribution < 1.29 is 19.7 Å². The molecule has 0 bridgehead atoms. The summed E-state index contributed by atoms with van der Waals surface area (Å²) in [6.07, 6.45) is 0. The van der Waals surface area contributed by atoms with Gasteiger partial charge in [0.2, 0.25) is 0 Å². The third kappa shape index (κ3) is 1.88. The van der Waals surface area contributed by atoms with Gasteiger partial charge in [-0.05, 0) is 43.0 Å². The van der Waals surface area contributed by atoms with E-state index < -0.39 is 5.97 Å². The molecule has 16 heavy (non-hydrogen) atoms. The van der Waals surface area contributed by atoms with Crippen molar-refractivity contribution in [2.45, 2.75) is 27.4 Å². The summed E-state index contributed by atoms with van der Waals surface area (Å²) in [5.41, 5.74) is 2.84. The Bertz CT molecular complexity index is 435. The molecule has 0 atom stereocenters. The zero-order chi connectivity index (χ0) is 12.5. The predicted octanol–water partition coefficient (Wildman–Crippen LogP) is 2.16. The number of hydrogen-bond donors (Lipinski definition) is 2. The number of carboxylic acids is 1. The summed E-state index contributed by atoms with van der Waals surface area (Å²) in [4.78, 5) is 11.1. The molecule has 0 aromatic heterocycles. The molecule has 2 N–H and O–H groups in total. The quantitative estimate of drug-likeness (QED) is 0.825. The SMILES string of the molecule is COCc1c(C)c(C)c(C)c(O)c1C(=O)O. The van der Waals surface area contributed by atoms with Crippen molar-refractivity contribution in [3.63, 3.8) is 0 Å². The molecule has 0 unspecified atom stereocenters. The van der Waals surface area contributed by atoms with Crippen molar-refractivity contribution >= 4 is 5.97 Å². The third-order valence-corrected chi connectivity index (χ3v) is 2.97. The summed E-state index contributed by atoms with van der Waals surface area (Å²) in [5.74, 6) is -1.29. The first-order valence-corrected chi connectivity index (χ1v) is 4.95. The van der Waals surface area contributed by atoms with E-state index in [9.17, 15) is 9.90 Å². The molecule has 4 nitrogen and oxygen atoms in total. The predicted molar refractivity (Wildman–Crippen MR) is 60.0 cm³/mol. The van der Waals surface area contributed by atoms with Crippen LogP contribution in [0.25, 0.3) is 0 Å². The lowest BCUT2D eigenvalue weighted by atomic mass is 9.92. The largest absolute Gasteiger partial charge is 0.507 e. The van der Waals surface area contributed by atoms with Crippen LogP contribution in [-0.4, -0.2) is 23.3 Å². The Labute approximate surface area is 94.5 Å². The molecule has 88 valence electrons. The minimum atomic E-state index is -1.13. The molecule has 1 aromatic rings. The van der Waals surface area contributed by atoms with Gasteiger partial charge in [0.15, 0.2) is 0 Å². The van der Waals surface area contributed by atoms with Crippen LogP contribution in [0, 0.1) is 20.8 Å². The summed E-state index contributed by atoms with van der Waals surface area (Å²) < 4.78 is 4.97. The highest BCUT2D eigenvalue weighted by molar-refractivity contribution is 5.94. The molecule has 0 fully saturated rings. The Hall–Kier alpha value is -1.55. The van der Waals surface area contributed by atoms with Crippen molar-refractivity contribution in [1.29, 1.82) is 0 Å². The van der Waals surface area contributed by atoms with Crippen LogP contribution in [0.5, 0.6) is 5.75 Å². The van der Waals surface area contributed by atoms with Crippen LogP contribution < -0.4 is 0 Å². The van der Waals surface area contributed by atoms with Crippen molar-refractivity contribution in [3.05, 3.63) is 27.8 Å². The second kappa shape index (κ2) is 4.53. The van der Waals surface area contributed by atoms with E-state index >= 15 is 0 Å². The lowest BCUT2D eigenvalue weighted by Crippen LogP contribution is -2.09. The lowest BCUT2D eigenvalue weighted by molar-refractivity contribution is 0.0688. The number of hydrogen-bond acceptors (Lipinski definition) is 3. The highest BCUT2D eigenvalue weighted by Crippen LogP contribution is 2.32. The number of phenols is 1. The van der Waals surface area contributed by atoms with E-state index in [1.165, 1.54) is 7.11 Å². The first-order chi connectivity index (χ1) is 7.41. The van der Waals surface area contributed by atoms with Gasteiger partial charge >= 0.3 is 5.97 Å². The van der Waals surface area contributed by atoms with Crippen LogP contribution >= 0.6 is 0 Å². The Kier molecular flexibility index (Phi) is 3.55. The van der Waals surface area contributed by atoms with Crippen LogP contribution in [0.4, 0.5) is 0 Å². The minimum Gasteiger partial charge on any atom is -0.507 e. The van der Waals surface area contributed by atoms with Gasteiger partial charge in [-0.15, -0.1) is 0 Å². The van der Waals surface area contributed by atoms with Crippen LogP contribution in [0.1, 0.15) is 32.6 Å². The van der Waals surface area contributed by atoms with E-state index in [1.807, 2.05) is 13.8 Å². The van der Waals surface area contributed by atoms with Crippen LogP contribution in [0.15, 0.2) is 0 Å². The summed E-state index contributed by atoms with van der Waals surface area (Å²) in [7, 11) is 1.50. The molecule has 0 aliphatic heterocycles. The maximum absolute atomic E-state index is 11.1. The van der Waals surface area contributed by atoms with Crippen molar-refractivity contribution in [1.82, 2.24) is 0 Å². The van der Waals surface area contributed by atoms with Crippen LogP contribution in [0.3, 0.4) is 0 Å². The molecule has 0 saturated carbocycles. The zero-order valence-electron chi connectivity index (χ0n) is 9.92. The Morgan fingerprint density at radius 1 is 1.19 bits per heavy atom. The average Bonchev–Trinajstić information content (AvgIpc) is 2.23. The molecule has 0 aliphatic carbocycles. The molecule has 0 heterocycles. The minimum absolute atomic E-state index is 0.0533. The van der Waals surface area contributed by atoms with Gasteiger partial charge in [0.25, 0.3) is 0 Å². The monoisotopic (exact) mass is 224 g/mol. The van der Waals surface area contributed by atoms with Crippen molar-refractivity contribution in [2.75, 3.05) is 7.11 Å². The van der Waals surface area contributed by atoms with E-state index in [0.717, 1.165) is 11.1 Å². The fraction of sp³-hybridized carbons (Fsp3) is 0.417. The molecular formula is C12H16O4. The van der Waals surface area contributed by atoms with Crippen molar-refractivity contribution in [3.8, 4) is 5.75 Å². The molecule has 4 heteroatoms. The average molecular weight is 224 g/mol. The van der Waals surface area contributed by atoms with E-state index in [-0.39, 0.29) is 17.9 Å². The van der Waals surface area contributed by atoms with Crippen LogP contribution in [-0.2, 0) is 11.3 Å². The normalized spacial score (nSPS) is 10.5. The molecule has 1 aromatic carbocycles. The summed E-state index contributed by atoms with van der Waals surface area (Å²) in [6.45, 7) is 5.58. The summed E-state index contributed by atoms with van der Waals surface area (Å²) >= 11 is 0. The summed E-state index contributed by atoms with van der Waals surface area (Å²) in [5, 5.41) is 18.9. The van der Waals surface area contributed by atoms with Gasteiger partial charge in [-0.2, -0.15) is 0 Å². The van der Waals surface area contributed by atoms with Gasteiger partial charge in [0.05, 0.1) is 6.61 Å². The molecule has 0 radical (unpaired) electrons. The Morgan fingerprint density at radius 3 is 2.19 bits per heavy atom. The molecule has 1 rings (SSSR count). The number of carbonyl (C=O) groups is 1. The molecule has 0 aliphatic rings. The smallest absolute Gasteiger partial charge is 0.339 e. The number of rotatable bonds is 3. The van der Waals surface area contributed by atoms with Crippen molar-refractivity contribution in [2.24, 2.45) is 0 Å². The van der Waals surface area contributed by atoms with Gasteiger partial charge in [0.1, 0.15) is 11.3 Å². The number of benzene rings is 1. The zero-order valence-corrected chi connectivity index (χ0v) is 9.92. The van der Waals surface area contributed by atoms with Gasteiger partial charge in [-0.3, -0.25) is 0 Å². The Balaban J connectivity index is 3.61. The number of ether oxygens (including phenoxy) is 1. The van der Waals surface area contributed by atoms with E-state index in [1.54, 1.807) is 6.92 Å². The highest BCUT2D eigenvalue weighted by atomic mass is 16.5. The van der Waals surface area contributed by atoms with Gasteiger partial charge in [-0.1, -0.05) is 0 Å². The number of carboxylic acid groups (broad SMARTS) is 1. The maximum atomic E-state index is 11.1. The van der Waals surface area contributed by atoms with E-state index in [4.69, 9.17) is 9.84 Å². The molecule has 0 spiro atoms. The van der Waals surface area contributed by atoms with Gasteiger partial charge in [-0.25, -0.2) is 4.79 Å². The van der Waals surface area contributed by atoms with Gasteiger partial charge < -0.3 is 14.9 Å². The van der Waals surface area contributed by atoms with Crippen LogP contribution in [0.2, 0.25) is 0 Å². The molecule has 0 amide bonds. The first-order valence-electron chi connectivity index (χ1n) is 4.95. The Morgan fingerprint density at radius 2 is 1.75 bits per heavy atom. The second-order valence-electron chi connectivity index (χ2n) is 3.82. The molecule has 0 saturated heterocycles. The standard InChI is InChI=1S/C12H16O4/c1-6-7(2)9(5-16-4)10(12(14)15)11(13)8(6)3/h13H,5H2,1-4H3,(H,14,15). The molecular weight excluding hydrogens is 208 g/mol. The van der Waals surface area contributed by atoms with E-state index in [2.05, 4.69) is 0 Å².